The highest BCUT2D eigenvalue weighted by Crippen LogP contribution is 2.30. The molecule has 0 fully saturated rings. The van der Waals surface area contributed by atoms with E-state index in [2.05, 4.69) is 15.0 Å². The van der Waals surface area contributed by atoms with E-state index in [4.69, 9.17) is 0 Å². The number of thioether (sulfide) groups is 1. The first-order valence-corrected chi connectivity index (χ1v) is 9.35. The van der Waals surface area contributed by atoms with Crippen molar-refractivity contribution >= 4 is 11.8 Å². The fraction of sp³-hybridized carbons (Fsp3) is 0.263. The summed E-state index contributed by atoms with van der Waals surface area (Å²) in [6, 6.07) is 11.6. The highest BCUT2D eigenvalue weighted by Gasteiger charge is 2.22. The summed E-state index contributed by atoms with van der Waals surface area (Å²) in [5, 5.41) is 0.862. The van der Waals surface area contributed by atoms with Crippen molar-refractivity contribution in [2.24, 2.45) is 0 Å². The zero-order valence-electron chi connectivity index (χ0n) is 13.8. The summed E-state index contributed by atoms with van der Waals surface area (Å²) in [5.41, 5.74) is 4.04. The third kappa shape index (κ3) is 3.49. The monoisotopic (exact) mass is 350 g/mol. The van der Waals surface area contributed by atoms with E-state index < -0.39 is 0 Å². The smallest absolute Gasteiger partial charge is 0.290 e. The van der Waals surface area contributed by atoms with E-state index in [1.54, 1.807) is 28.7 Å². The minimum atomic E-state index is -0.185. The van der Waals surface area contributed by atoms with Gasteiger partial charge < -0.3 is 0 Å². The maximum atomic E-state index is 12.6. The van der Waals surface area contributed by atoms with Gasteiger partial charge in [-0.15, -0.1) is 0 Å². The molecule has 0 N–H and O–H groups in total. The van der Waals surface area contributed by atoms with Crippen molar-refractivity contribution in [3.63, 3.8) is 0 Å². The first kappa shape index (κ1) is 16.0. The summed E-state index contributed by atoms with van der Waals surface area (Å²) in [6.45, 7) is 0.486. The van der Waals surface area contributed by atoms with E-state index in [-0.39, 0.29) is 5.69 Å². The van der Waals surface area contributed by atoms with Gasteiger partial charge in [-0.1, -0.05) is 23.9 Å². The van der Waals surface area contributed by atoms with E-state index in [9.17, 15) is 4.79 Å². The number of hydrogen-bond donors (Lipinski definition) is 0. The lowest BCUT2D eigenvalue weighted by atomic mass is 10.2. The molecule has 0 aromatic carbocycles. The van der Waals surface area contributed by atoms with Gasteiger partial charge in [0.25, 0.3) is 0 Å². The Bertz CT molecular complexity index is 925. The SMILES string of the molecule is O=c1nc(SCc2ccccn2)c2c(n1Cc1ccccn1)CCC2. The lowest BCUT2D eigenvalue weighted by Crippen LogP contribution is -2.28. The van der Waals surface area contributed by atoms with Crippen LogP contribution in [-0.4, -0.2) is 19.5 Å². The fourth-order valence-corrected chi connectivity index (χ4v) is 4.14. The van der Waals surface area contributed by atoms with Gasteiger partial charge in [0, 0.05) is 29.4 Å². The maximum Gasteiger partial charge on any atom is 0.349 e. The number of nitrogens with zero attached hydrogens (tertiary/aromatic N) is 4. The number of aromatic nitrogens is 4. The molecule has 5 nitrogen and oxygen atoms in total. The molecule has 0 atom stereocenters. The Kier molecular flexibility index (Phi) is 4.61. The number of rotatable bonds is 5. The molecule has 1 aliphatic carbocycles. The van der Waals surface area contributed by atoms with Crippen LogP contribution >= 0.6 is 11.8 Å². The summed E-state index contributed by atoms with van der Waals surface area (Å²) in [4.78, 5) is 25.7. The second-order valence-corrected chi connectivity index (χ2v) is 6.96. The molecule has 4 rings (SSSR count). The first-order valence-electron chi connectivity index (χ1n) is 8.36. The largest absolute Gasteiger partial charge is 0.349 e. The molecule has 0 amide bonds. The standard InChI is InChI=1S/C19H18N4OS/c24-19-22-18(25-13-15-7-2-4-11-21-15)16-8-5-9-17(16)23(19)12-14-6-1-3-10-20-14/h1-4,6-7,10-11H,5,8-9,12-13H2. The molecule has 126 valence electrons. The van der Waals surface area contributed by atoms with Gasteiger partial charge >= 0.3 is 5.69 Å². The summed E-state index contributed by atoms with van der Waals surface area (Å²) in [6.07, 6.45) is 6.52. The third-order valence-electron chi connectivity index (χ3n) is 4.33. The Hall–Kier alpha value is -2.47. The summed E-state index contributed by atoms with van der Waals surface area (Å²) >= 11 is 1.61. The predicted molar refractivity (Wildman–Crippen MR) is 97.7 cm³/mol. The molecular weight excluding hydrogens is 332 g/mol. The predicted octanol–water partition coefficient (Wildman–Crippen LogP) is 2.86. The molecular formula is C19H18N4OS. The molecule has 1 aliphatic rings. The molecule has 0 spiro atoms. The Morgan fingerprint density at radius 2 is 1.76 bits per heavy atom. The van der Waals surface area contributed by atoms with Crippen molar-refractivity contribution in [3.8, 4) is 0 Å². The lowest BCUT2D eigenvalue weighted by Gasteiger charge is -2.13. The van der Waals surface area contributed by atoms with Crippen molar-refractivity contribution in [1.29, 1.82) is 0 Å². The zero-order chi connectivity index (χ0) is 17.1. The molecule has 6 heteroatoms. The average molecular weight is 350 g/mol. The van der Waals surface area contributed by atoms with E-state index >= 15 is 0 Å². The van der Waals surface area contributed by atoms with Crippen LogP contribution in [-0.2, 0) is 25.1 Å². The zero-order valence-corrected chi connectivity index (χ0v) is 14.6. The molecule has 0 aliphatic heterocycles. The normalized spacial score (nSPS) is 13.0. The summed E-state index contributed by atoms with van der Waals surface area (Å²) < 4.78 is 1.79. The maximum absolute atomic E-state index is 12.6. The molecule has 0 radical (unpaired) electrons. The number of hydrogen-bond acceptors (Lipinski definition) is 5. The molecule has 0 unspecified atom stereocenters. The van der Waals surface area contributed by atoms with E-state index in [0.29, 0.717) is 6.54 Å². The van der Waals surface area contributed by atoms with Gasteiger partial charge in [-0.3, -0.25) is 14.5 Å². The molecule has 0 saturated heterocycles. The third-order valence-corrected chi connectivity index (χ3v) is 5.38. The van der Waals surface area contributed by atoms with Crippen LogP contribution in [0.2, 0.25) is 0 Å². The van der Waals surface area contributed by atoms with E-state index in [0.717, 1.165) is 47.1 Å². The van der Waals surface area contributed by atoms with Crippen molar-refractivity contribution in [3.05, 3.63) is 81.9 Å². The Morgan fingerprint density at radius 1 is 1.00 bits per heavy atom. The second kappa shape index (κ2) is 7.19. The van der Waals surface area contributed by atoms with Gasteiger partial charge in [0.2, 0.25) is 0 Å². The van der Waals surface area contributed by atoms with Crippen LogP contribution in [0.15, 0.2) is 58.6 Å². The molecule has 0 bridgehead atoms. The van der Waals surface area contributed by atoms with E-state index in [1.807, 2.05) is 36.4 Å². The van der Waals surface area contributed by atoms with Crippen LogP contribution in [0.25, 0.3) is 0 Å². The molecule has 3 aromatic heterocycles. The topological polar surface area (TPSA) is 60.7 Å². The van der Waals surface area contributed by atoms with Crippen LogP contribution in [0, 0.1) is 0 Å². The van der Waals surface area contributed by atoms with Crippen LogP contribution < -0.4 is 5.69 Å². The molecule has 3 aromatic rings. The summed E-state index contributed by atoms with van der Waals surface area (Å²) in [5.74, 6) is 0.726. The summed E-state index contributed by atoms with van der Waals surface area (Å²) in [7, 11) is 0. The quantitative estimate of drug-likeness (QED) is 0.523. The van der Waals surface area contributed by atoms with Gasteiger partial charge in [0.15, 0.2) is 0 Å². The van der Waals surface area contributed by atoms with Gasteiger partial charge in [-0.25, -0.2) is 4.79 Å². The Labute approximate surface area is 150 Å². The van der Waals surface area contributed by atoms with Crippen molar-refractivity contribution in [2.45, 2.75) is 36.6 Å². The Morgan fingerprint density at radius 3 is 2.48 bits per heavy atom. The van der Waals surface area contributed by atoms with Crippen LogP contribution in [0.1, 0.15) is 29.1 Å². The van der Waals surface area contributed by atoms with Gasteiger partial charge in [-0.2, -0.15) is 4.98 Å². The minimum absolute atomic E-state index is 0.185. The van der Waals surface area contributed by atoms with Crippen LogP contribution in [0.4, 0.5) is 0 Å². The van der Waals surface area contributed by atoms with Gasteiger partial charge in [0.05, 0.1) is 17.9 Å². The number of fused-ring (bicyclic) bond motifs is 1. The van der Waals surface area contributed by atoms with Crippen molar-refractivity contribution < 1.29 is 0 Å². The van der Waals surface area contributed by atoms with Gasteiger partial charge in [-0.05, 0) is 43.5 Å². The first-order chi connectivity index (χ1) is 12.3. The van der Waals surface area contributed by atoms with Crippen LogP contribution in [0.3, 0.4) is 0 Å². The van der Waals surface area contributed by atoms with Crippen molar-refractivity contribution in [1.82, 2.24) is 19.5 Å². The average Bonchev–Trinajstić information content (AvgIpc) is 3.14. The highest BCUT2D eigenvalue weighted by molar-refractivity contribution is 7.98. The lowest BCUT2D eigenvalue weighted by molar-refractivity contribution is 0.656. The fourth-order valence-electron chi connectivity index (χ4n) is 3.15. The highest BCUT2D eigenvalue weighted by atomic mass is 32.2. The second-order valence-electron chi connectivity index (χ2n) is 6.00. The molecule has 25 heavy (non-hydrogen) atoms. The number of pyridine rings is 2. The Balaban J connectivity index is 1.63. The molecule has 3 heterocycles. The minimum Gasteiger partial charge on any atom is -0.290 e. The van der Waals surface area contributed by atoms with Crippen LogP contribution in [0.5, 0.6) is 0 Å². The molecule has 0 saturated carbocycles. The van der Waals surface area contributed by atoms with Crippen molar-refractivity contribution in [2.75, 3.05) is 0 Å². The van der Waals surface area contributed by atoms with E-state index in [1.165, 1.54) is 5.56 Å². The van der Waals surface area contributed by atoms with Gasteiger partial charge in [0.1, 0.15) is 5.03 Å².